The Bertz CT molecular complexity index is 1500. The molecule has 13 heteroatoms. The monoisotopic (exact) mass is 593 g/mol. The van der Waals surface area contributed by atoms with Gasteiger partial charge in [-0.15, -0.1) is 11.3 Å². The van der Waals surface area contributed by atoms with Gasteiger partial charge in [-0.2, -0.15) is 0 Å². The molecule has 0 spiro atoms. The number of ether oxygens (including phenoxy) is 1. The Hall–Kier alpha value is -4.91. The summed E-state index contributed by atoms with van der Waals surface area (Å²) in [5.74, 6) is -0.614. The summed E-state index contributed by atoms with van der Waals surface area (Å²) < 4.78 is 20.6. The number of halogens is 1. The molecule has 42 heavy (non-hydrogen) atoms. The Morgan fingerprint density at radius 1 is 1.14 bits per heavy atom. The van der Waals surface area contributed by atoms with Crippen LogP contribution in [0.5, 0.6) is 5.75 Å². The fourth-order valence-electron chi connectivity index (χ4n) is 4.18. The quantitative estimate of drug-likeness (QED) is 0.226. The molecule has 5 N–H and O–H groups in total. The zero-order valence-corrected chi connectivity index (χ0v) is 24.1. The Kier molecular flexibility index (Phi) is 9.76. The second-order valence-corrected chi connectivity index (χ2v) is 10.2. The molecule has 1 aromatic carbocycles. The third-order valence-electron chi connectivity index (χ3n) is 6.34. The van der Waals surface area contributed by atoms with E-state index in [0.29, 0.717) is 54.5 Å². The molecular weight excluding hydrogens is 561 g/mol. The Balaban J connectivity index is 1.46. The van der Waals surface area contributed by atoms with Crippen LogP contribution in [0.3, 0.4) is 0 Å². The van der Waals surface area contributed by atoms with E-state index in [-0.39, 0.29) is 29.1 Å². The molecule has 0 unspecified atom stereocenters. The van der Waals surface area contributed by atoms with Crippen molar-refractivity contribution in [2.24, 2.45) is 0 Å². The standard InChI is InChI=1S/C29H32FN7O4S/c1-4-6-24(41-23-10-8-19(15-20(23)30)35-28(39)32-3)26-21(31)16-25(42-26)22-9-7-18(17-34-22)27(38)36-11-13-37(14-12-36)29(40)33-5-2/h4,6-10,15-17H,1,5,11-14,31H2,2-3H3,(H,33,40)(H2,32,35,39)/b24-6+. The van der Waals surface area contributed by atoms with Gasteiger partial charge < -0.3 is 36.2 Å². The summed E-state index contributed by atoms with van der Waals surface area (Å²) in [7, 11) is 1.46. The van der Waals surface area contributed by atoms with Crippen molar-refractivity contribution in [1.29, 1.82) is 0 Å². The number of rotatable bonds is 8. The van der Waals surface area contributed by atoms with Crippen LogP contribution in [0, 0.1) is 5.82 Å². The fraction of sp³-hybridized carbons (Fsp3) is 0.241. The highest BCUT2D eigenvalue weighted by Gasteiger charge is 2.25. The van der Waals surface area contributed by atoms with E-state index in [1.807, 2.05) is 6.92 Å². The second kappa shape index (κ2) is 13.6. The molecule has 4 rings (SSSR count). The van der Waals surface area contributed by atoms with Crippen LogP contribution in [0.15, 0.2) is 61.3 Å². The number of urea groups is 2. The number of carbonyl (C=O) groups is 3. The Labute approximate surface area is 246 Å². The molecule has 1 aliphatic heterocycles. The summed E-state index contributed by atoms with van der Waals surface area (Å²) in [5, 5.41) is 7.67. The molecule has 0 aliphatic carbocycles. The van der Waals surface area contributed by atoms with Gasteiger partial charge in [-0.1, -0.05) is 12.7 Å². The Morgan fingerprint density at radius 2 is 1.88 bits per heavy atom. The number of nitrogen functional groups attached to an aromatic ring is 1. The smallest absolute Gasteiger partial charge is 0.318 e. The lowest BCUT2D eigenvalue weighted by Crippen LogP contribution is -2.53. The van der Waals surface area contributed by atoms with Gasteiger partial charge in [0.15, 0.2) is 11.6 Å². The number of amides is 5. The topological polar surface area (TPSA) is 142 Å². The van der Waals surface area contributed by atoms with E-state index in [0.717, 1.165) is 10.9 Å². The van der Waals surface area contributed by atoms with Crippen molar-refractivity contribution in [3.05, 3.63) is 77.6 Å². The number of nitrogens with two attached hydrogens (primary N) is 1. The molecule has 1 fully saturated rings. The van der Waals surface area contributed by atoms with E-state index in [2.05, 4.69) is 27.5 Å². The van der Waals surface area contributed by atoms with E-state index in [9.17, 15) is 18.8 Å². The third kappa shape index (κ3) is 7.04. The lowest BCUT2D eigenvalue weighted by atomic mass is 10.2. The lowest BCUT2D eigenvalue weighted by molar-refractivity contribution is 0.0665. The Morgan fingerprint density at radius 3 is 2.50 bits per heavy atom. The van der Waals surface area contributed by atoms with Gasteiger partial charge >= 0.3 is 12.1 Å². The number of pyridine rings is 1. The molecule has 5 amide bonds. The van der Waals surface area contributed by atoms with Crippen LogP contribution in [0.25, 0.3) is 16.3 Å². The maximum atomic E-state index is 14.8. The zero-order valence-electron chi connectivity index (χ0n) is 23.3. The number of benzene rings is 1. The average Bonchev–Trinajstić information content (AvgIpc) is 3.39. The van der Waals surface area contributed by atoms with Crippen LogP contribution >= 0.6 is 11.3 Å². The SMILES string of the molecule is C=C/C=C(/Oc1ccc(NC(=O)NC)cc1F)c1sc(-c2ccc(C(=O)N3CCN(C(=O)NCC)CC3)cn2)cc1N. The minimum Gasteiger partial charge on any atom is -0.453 e. The summed E-state index contributed by atoms with van der Waals surface area (Å²) in [5.41, 5.74) is 8.01. The maximum Gasteiger partial charge on any atom is 0.318 e. The van der Waals surface area contributed by atoms with Crippen LogP contribution < -0.4 is 26.4 Å². The molecule has 0 radical (unpaired) electrons. The number of thiophene rings is 1. The molecule has 0 saturated carbocycles. The minimum atomic E-state index is -0.679. The number of aromatic nitrogens is 1. The molecule has 0 atom stereocenters. The van der Waals surface area contributed by atoms with Gasteiger partial charge in [0, 0.05) is 57.7 Å². The number of allylic oxidation sites excluding steroid dienone is 2. The van der Waals surface area contributed by atoms with Crippen molar-refractivity contribution >= 4 is 46.4 Å². The lowest BCUT2D eigenvalue weighted by Gasteiger charge is -2.34. The van der Waals surface area contributed by atoms with E-state index in [4.69, 9.17) is 10.5 Å². The summed E-state index contributed by atoms with van der Waals surface area (Å²) in [4.78, 5) is 45.7. The number of nitrogens with one attached hydrogen (secondary N) is 3. The van der Waals surface area contributed by atoms with Crippen molar-refractivity contribution in [2.75, 3.05) is 50.8 Å². The van der Waals surface area contributed by atoms with Gasteiger partial charge in [-0.25, -0.2) is 14.0 Å². The summed E-state index contributed by atoms with van der Waals surface area (Å²) in [6, 6.07) is 8.64. The first-order chi connectivity index (χ1) is 20.2. The summed E-state index contributed by atoms with van der Waals surface area (Å²) in [6.45, 7) is 7.93. The number of nitrogens with zero attached hydrogens (tertiary/aromatic N) is 3. The highest BCUT2D eigenvalue weighted by molar-refractivity contribution is 7.17. The first kappa shape index (κ1) is 30.1. The van der Waals surface area contributed by atoms with Gasteiger partial charge in [0.25, 0.3) is 5.91 Å². The maximum absolute atomic E-state index is 14.8. The molecule has 2 aromatic heterocycles. The van der Waals surface area contributed by atoms with Crippen molar-refractivity contribution in [3.63, 3.8) is 0 Å². The second-order valence-electron chi connectivity index (χ2n) is 9.16. The number of carbonyl (C=O) groups excluding carboxylic acids is 3. The molecule has 3 heterocycles. The van der Waals surface area contributed by atoms with E-state index >= 15 is 0 Å². The molecule has 11 nitrogen and oxygen atoms in total. The molecular formula is C29H32FN7O4S. The highest BCUT2D eigenvalue weighted by atomic mass is 32.1. The van der Waals surface area contributed by atoms with Crippen LogP contribution in [0.1, 0.15) is 22.2 Å². The van der Waals surface area contributed by atoms with Crippen molar-refractivity contribution < 1.29 is 23.5 Å². The minimum absolute atomic E-state index is 0.0623. The zero-order chi connectivity index (χ0) is 30.2. The van der Waals surface area contributed by atoms with E-state index in [1.54, 1.807) is 34.1 Å². The molecule has 1 aliphatic rings. The van der Waals surface area contributed by atoms with E-state index in [1.165, 1.54) is 42.8 Å². The van der Waals surface area contributed by atoms with Gasteiger partial charge in [0.05, 0.1) is 26.7 Å². The van der Waals surface area contributed by atoms with Gasteiger partial charge in [-0.05, 0) is 43.3 Å². The number of hydrogen-bond acceptors (Lipinski definition) is 7. The highest BCUT2D eigenvalue weighted by Crippen LogP contribution is 2.38. The first-order valence-corrected chi connectivity index (χ1v) is 14.0. The largest absolute Gasteiger partial charge is 0.453 e. The predicted molar refractivity (Wildman–Crippen MR) is 162 cm³/mol. The number of piperazine rings is 1. The van der Waals surface area contributed by atoms with Gasteiger partial charge in [-0.3, -0.25) is 9.78 Å². The predicted octanol–water partition coefficient (Wildman–Crippen LogP) is 4.38. The van der Waals surface area contributed by atoms with Crippen molar-refractivity contribution in [2.45, 2.75) is 6.92 Å². The average molecular weight is 594 g/mol. The summed E-state index contributed by atoms with van der Waals surface area (Å²) in [6.07, 6.45) is 4.59. The number of anilines is 2. The molecule has 3 aromatic rings. The first-order valence-electron chi connectivity index (χ1n) is 13.2. The molecule has 220 valence electrons. The number of hydrogen-bond donors (Lipinski definition) is 4. The van der Waals surface area contributed by atoms with Crippen LogP contribution in [0.2, 0.25) is 0 Å². The van der Waals surface area contributed by atoms with Crippen LogP contribution in [0.4, 0.5) is 25.4 Å². The molecule has 0 bridgehead atoms. The van der Waals surface area contributed by atoms with Gasteiger partial charge in [0.1, 0.15) is 5.76 Å². The third-order valence-corrected chi connectivity index (χ3v) is 7.52. The van der Waals surface area contributed by atoms with Crippen LogP contribution in [-0.2, 0) is 0 Å². The summed E-state index contributed by atoms with van der Waals surface area (Å²) >= 11 is 1.29. The normalized spacial score (nSPS) is 13.4. The van der Waals surface area contributed by atoms with Crippen molar-refractivity contribution in [3.8, 4) is 16.3 Å². The van der Waals surface area contributed by atoms with Crippen LogP contribution in [-0.4, -0.2) is 72.5 Å². The van der Waals surface area contributed by atoms with Gasteiger partial charge in [0.2, 0.25) is 0 Å². The van der Waals surface area contributed by atoms with E-state index < -0.39 is 11.8 Å². The fourth-order valence-corrected chi connectivity index (χ4v) is 5.20. The van der Waals surface area contributed by atoms with Crippen molar-refractivity contribution in [1.82, 2.24) is 25.4 Å². The molecule has 1 saturated heterocycles.